The van der Waals surface area contributed by atoms with Gasteiger partial charge < -0.3 is 4.74 Å². The highest BCUT2D eigenvalue weighted by atomic mass is 16.5. The smallest absolute Gasteiger partial charge is 0.398 e. The molecule has 2 amide bonds. The Morgan fingerprint density at radius 3 is 2.25 bits per heavy atom. The molecule has 0 aliphatic heterocycles. The van der Waals surface area contributed by atoms with Gasteiger partial charge in [-0.25, -0.2) is 4.79 Å². The zero-order valence-electron chi connectivity index (χ0n) is 6.84. The summed E-state index contributed by atoms with van der Waals surface area (Å²) in [6.45, 7) is 2.89. The van der Waals surface area contributed by atoms with Gasteiger partial charge in [-0.15, -0.1) is 0 Å². The van der Waals surface area contributed by atoms with E-state index in [1.165, 1.54) is 6.92 Å². The van der Waals surface area contributed by atoms with Gasteiger partial charge in [-0.2, -0.15) is 0 Å². The second-order valence-corrected chi connectivity index (χ2v) is 1.86. The highest BCUT2D eigenvalue weighted by molar-refractivity contribution is 6.32. The third kappa shape index (κ3) is 4.26. The van der Waals surface area contributed by atoms with Gasteiger partial charge in [0.05, 0.1) is 6.61 Å². The minimum Gasteiger partial charge on any atom is -0.459 e. The molecule has 6 nitrogen and oxygen atoms in total. The molecular formula is C6H10N2O4. The van der Waals surface area contributed by atoms with Crippen LogP contribution >= 0.6 is 0 Å². The minimum atomic E-state index is -1.02. The van der Waals surface area contributed by atoms with Gasteiger partial charge >= 0.3 is 11.9 Å². The predicted octanol–water partition coefficient (Wildman–Crippen LogP) is -1.28. The number of rotatable bonds is 1. The van der Waals surface area contributed by atoms with Crippen LogP contribution in [0.5, 0.6) is 0 Å². The van der Waals surface area contributed by atoms with E-state index in [0.717, 1.165) is 0 Å². The molecular weight excluding hydrogens is 164 g/mol. The molecule has 0 aromatic carbocycles. The third-order valence-corrected chi connectivity index (χ3v) is 0.813. The van der Waals surface area contributed by atoms with Crippen LogP contribution in [-0.2, 0) is 19.1 Å². The van der Waals surface area contributed by atoms with Crippen LogP contribution in [0.3, 0.4) is 0 Å². The molecule has 2 N–H and O–H groups in total. The summed E-state index contributed by atoms with van der Waals surface area (Å²) in [6.07, 6.45) is 0. The lowest BCUT2D eigenvalue weighted by Crippen LogP contribution is -2.44. The molecule has 0 rings (SSSR count). The van der Waals surface area contributed by atoms with Crippen molar-refractivity contribution in [2.75, 3.05) is 6.61 Å². The summed E-state index contributed by atoms with van der Waals surface area (Å²) in [4.78, 5) is 31.5. The van der Waals surface area contributed by atoms with Crippen molar-refractivity contribution in [3.63, 3.8) is 0 Å². The quantitative estimate of drug-likeness (QED) is 0.294. The van der Waals surface area contributed by atoms with Crippen LogP contribution in [-0.4, -0.2) is 24.4 Å². The van der Waals surface area contributed by atoms with E-state index in [9.17, 15) is 14.4 Å². The van der Waals surface area contributed by atoms with Crippen LogP contribution in [0.4, 0.5) is 0 Å². The van der Waals surface area contributed by atoms with Gasteiger partial charge in [0.25, 0.3) is 0 Å². The number of amides is 2. The van der Waals surface area contributed by atoms with Crippen molar-refractivity contribution in [2.45, 2.75) is 13.8 Å². The average Bonchev–Trinajstić information content (AvgIpc) is 2.00. The molecule has 0 spiro atoms. The van der Waals surface area contributed by atoms with Gasteiger partial charge in [0, 0.05) is 6.92 Å². The standard InChI is InChI=1S/C6H10N2O4/c1-3-12-6(11)5(10)8-7-4(2)9/h3H2,1-2H3,(H,7,9)(H,8,10). The summed E-state index contributed by atoms with van der Waals surface area (Å²) >= 11 is 0. The molecule has 0 saturated heterocycles. The topological polar surface area (TPSA) is 84.5 Å². The lowest BCUT2D eigenvalue weighted by molar-refractivity contribution is -0.155. The lowest BCUT2D eigenvalue weighted by atomic mass is 10.6. The number of ether oxygens (including phenoxy) is 1. The fourth-order valence-corrected chi connectivity index (χ4v) is 0.392. The summed E-state index contributed by atoms with van der Waals surface area (Å²) in [5.74, 6) is -2.48. The van der Waals surface area contributed by atoms with E-state index in [2.05, 4.69) is 4.74 Å². The Balaban J connectivity index is 3.72. The second kappa shape index (κ2) is 5.11. The maximum Gasteiger partial charge on any atom is 0.398 e. The van der Waals surface area contributed by atoms with E-state index >= 15 is 0 Å². The van der Waals surface area contributed by atoms with Gasteiger partial charge in [0.2, 0.25) is 5.91 Å². The van der Waals surface area contributed by atoms with Crippen molar-refractivity contribution in [3.05, 3.63) is 0 Å². The van der Waals surface area contributed by atoms with Crippen molar-refractivity contribution in [1.82, 2.24) is 10.9 Å². The molecule has 0 aromatic rings. The Kier molecular flexibility index (Phi) is 4.43. The fraction of sp³-hybridized carbons (Fsp3) is 0.500. The minimum absolute atomic E-state index is 0.117. The van der Waals surface area contributed by atoms with Gasteiger partial charge in [-0.3, -0.25) is 20.4 Å². The van der Waals surface area contributed by atoms with Crippen molar-refractivity contribution >= 4 is 17.8 Å². The van der Waals surface area contributed by atoms with Gasteiger partial charge in [0.15, 0.2) is 0 Å². The summed E-state index contributed by atoms with van der Waals surface area (Å²) in [5, 5.41) is 0. The van der Waals surface area contributed by atoms with Crippen LogP contribution in [0, 0.1) is 0 Å². The van der Waals surface area contributed by atoms with Crippen molar-refractivity contribution in [3.8, 4) is 0 Å². The van der Waals surface area contributed by atoms with Crippen LogP contribution < -0.4 is 10.9 Å². The Morgan fingerprint density at radius 1 is 1.25 bits per heavy atom. The van der Waals surface area contributed by atoms with Crippen LogP contribution in [0.15, 0.2) is 0 Å². The highest BCUT2D eigenvalue weighted by Crippen LogP contribution is 1.75. The van der Waals surface area contributed by atoms with E-state index < -0.39 is 17.8 Å². The molecule has 0 radical (unpaired) electrons. The molecule has 0 aliphatic carbocycles. The number of hydrazine groups is 1. The number of hydrogen-bond donors (Lipinski definition) is 2. The number of carbonyl (C=O) groups excluding carboxylic acids is 3. The van der Waals surface area contributed by atoms with E-state index in [-0.39, 0.29) is 6.61 Å². The second-order valence-electron chi connectivity index (χ2n) is 1.86. The molecule has 0 atom stereocenters. The maximum absolute atomic E-state index is 10.6. The van der Waals surface area contributed by atoms with Gasteiger partial charge in [0.1, 0.15) is 0 Å². The lowest BCUT2D eigenvalue weighted by Gasteiger charge is -2.03. The summed E-state index contributed by atoms with van der Waals surface area (Å²) in [7, 11) is 0. The molecule has 0 unspecified atom stereocenters. The van der Waals surface area contributed by atoms with E-state index in [1.54, 1.807) is 6.92 Å². The van der Waals surface area contributed by atoms with Crippen molar-refractivity contribution in [2.24, 2.45) is 0 Å². The average molecular weight is 174 g/mol. The zero-order chi connectivity index (χ0) is 9.56. The third-order valence-electron chi connectivity index (χ3n) is 0.813. The number of carbonyl (C=O) groups is 3. The molecule has 0 aliphatic rings. The molecule has 0 aromatic heterocycles. The molecule has 0 fully saturated rings. The molecule has 68 valence electrons. The first-order valence-corrected chi connectivity index (χ1v) is 3.31. The summed E-state index contributed by atoms with van der Waals surface area (Å²) < 4.78 is 4.33. The Bertz CT molecular complexity index is 202. The summed E-state index contributed by atoms with van der Waals surface area (Å²) in [5.41, 5.74) is 3.80. The first kappa shape index (κ1) is 10.4. The molecule has 0 heterocycles. The van der Waals surface area contributed by atoms with Crippen LogP contribution in [0.25, 0.3) is 0 Å². The number of hydrogen-bond acceptors (Lipinski definition) is 4. The van der Waals surface area contributed by atoms with Crippen molar-refractivity contribution < 1.29 is 19.1 Å². The van der Waals surface area contributed by atoms with Crippen LogP contribution in [0.1, 0.15) is 13.8 Å². The molecule has 12 heavy (non-hydrogen) atoms. The summed E-state index contributed by atoms with van der Waals surface area (Å²) in [6, 6.07) is 0. The van der Waals surface area contributed by atoms with E-state index in [0.29, 0.717) is 0 Å². The van der Waals surface area contributed by atoms with Gasteiger partial charge in [-0.05, 0) is 6.92 Å². The van der Waals surface area contributed by atoms with Crippen molar-refractivity contribution in [1.29, 1.82) is 0 Å². The Hall–Kier alpha value is -1.59. The first-order chi connectivity index (χ1) is 5.57. The monoisotopic (exact) mass is 174 g/mol. The zero-order valence-corrected chi connectivity index (χ0v) is 6.84. The first-order valence-electron chi connectivity index (χ1n) is 3.31. The highest BCUT2D eigenvalue weighted by Gasteiger charge is 2.13. The largest absolute Gasteiger partial charge is 0.459 e. The molecule has 6 heteroatoms. The SMILES string of the molecule is CCOC(=O)C(=O)NNC(C)=O. The Morgan fingerprint density at radius 2 is 1.83 bits per heavy atom. The predicted molar refractivity (Wildman–Crippen MR) is 38.6 cm³/mol. The van der Waals surface area contributed by atoms with Gasteiger partial charge in [-0.1, -0.05) is 0 Å². The maximum atomic E-state index is 10.6. The fourth-order valence-electron chi connectivity index (χ4n) is 0.392. The van der Waals surface area contributed by atoms with E-state index in [4.69, 9.17) is 0 Å². The number of esters is 1. The van der Waals surface area contributed by atoms with Crippen LogP contribution in [0.2, 0.25) is 0 Å². The number of nitrogens with one attached hydrogen (secondary N) is 2. The molecule has 0 saturated carbocycles. The Labute approximate surface area is 69.2 Å². The normalized spacial score (nSPS) is 8.50. The van der Waals surface area contributed by atoms with E-state index in [1.807, 2.05) is 10.9 Å². The molecule has 0 bridgehead atoms.